The summed E-state index contributed by atoms with van der Waals surface area (Å²) in [7, 11) is 1.54. The van der Waals surface area contributed by atoms with Gasteiger partial charge in [-0.15, -0.1) is 0 Å². The molecule has 0 fully saturated rings. The third-order valence-corrected chi connectivity index (χ3v) is 2.75. The Morgan fingerprint density at radius 2 is 2.12 bits per heavy atom. The number of methoxy groups -OCH3 is 1. The minimum atomic E-state index is 0.0287. The van der Waals surface area contributed by atoms with Crippen molar-refractivity contribution >= 4 is 0 Å². The average Bonchev–Trinajstić information content (AvgIpc) is 2.30. The van der Waals surface area contributed by atoms with Crippen LogP contribution >= 0.6 is 0 Å². The first-order chi connectivity index (χ1) is 7.69. The molecule has 1 rings (SSSR count). The van der Waals surface area contributed by atoms with E-state index in [0.717, 1.165) is 18.4 Å². The Kier molecular flexibility index (Phi) is 5.12. The molecule has 0 aliphatic heterocycles. The van der Waals surface area contributed by atoms with Crippen LogP contribution in [0.15, 0.2) is 18.2 Å². The largest absolute Gasteiger partial charge is 0.504 e. The predicted molar refractivity (Wildman–Crippen MR) is 65.7 cm³/mol. The van der Waals surface area contributed by atoms with Crippen molar-refractivity contribution < 1.29 is 9.84 Å². The van der Waals surface area contributed by atoms with Crippen molar-refractivity contribution in [1.29, 1.82) is 0 Å². The molecule has 0 aliphatic rings. The molecule has 3 nitrogen and oxygen atoms in total. The fraction of sp³-hybridized carbons (Fsp3) is 0.538. The van der Waals surface area contributed by atoms with Gasteiger partial charge >= 0.3 is 0 Å². The van der Waals surface area contributed by atoms with Crippen molar-refractivity contribution in [2.45, 2.75) is 38.6 Å². The van der Waals surface area contributed by atoms with Crippen LogP contribution < -0.4 is 10.5 Å². The Morgan fingerprint density at radius 3 is 2.75 bits per heavy atom. The zero-order chi connectivity index (χ0) is 12.0. The fourth-order valence-electron chi connectivity index (χ4n) is 1.71. The van der Waals surface area contributed by atoms with Gasteiger partial charge < -0.3 is 15.6 Å². The number of aromatic hydroxyl groups is 1. The number of hydrogen-bond donors (Lipinski definition) is 2. The molecule has 0 heterocycles. The van der Waals surface area contributed by atoms with E-state index in [1.807, 2.05) is 12.1 Å². The quantitative estimate of drug-likeness (QED) is 0.729. The molecule has 0 amide bonds. The summed E-state index contributed by atoms with van der Waals surface area (Å²) in [6.45, 7) is 2.18. The first kappa shape index (κ1) is 12.8. The summed E-state index contributed by atoms with van der Waals surface area (Å²) in [5.41, 5.74) is 7.09. The average molecular weight is 223 g/mol. The molecule has 0 aromatic heterocycles. The Bertz CT molecular complexity index is 326. The van der Waals surface area contributed by atoms with E-state index in [4.69, 9.17) is 10.5 Å². The molecule has 1 atom stereocenters. The van der Waals surface area contributed by atoms with Crippen LogP contribution in [0.1, 0.15) is 44.2 Å². The van der Waals surface area contributed by atoms with E-state index in [1.165, 1.54) is 12.8 Å². The van der Waals surface area contributed by atoms with E-state index < -0.39 is 0 Å². The molecule has 0 saturated heterocycles. The number of nitrogens with two attached hydrogens (primary N) is 1. The topological polar surface area (TPSA) is 55.5 Å². The van der Waals surface area contributed by atoms with Crippen LogP contribution in [0.2, 0.25) is 0 Å². The lowest BCUT2D eigenvalue weighted by molar-refractivity contribution is 0.372. The van der Waals surface area contributed by atoms with Crippen molar-refractivity contribution in [1.82, 2.24) is 0 Å². The number of ether oxygens (including phenoxy) is 1. The summed E-state index contributed by atoms with van der Waals surface area (Å²) in [5.74, 6) is 0.649. The fourth-order valence-corrected chi connectivity index (χ4v) is 1.71. The van der Waals surface area contributed by atoms with Gasteiger partial charge in [0.25, 0.3) is 0 Å². The molecule has 1 aromatic rings. The number of rotatable bonds is 6. The van der Waals surface area contributed by atoms with Crippen LogP contribution in [0.5, 0.6) is 11.5 Å². The lowest BCUT2D eigenvalue weighted by Gasteiger charge is -2.13. The summed E-state index contributed by atoms with van der Waals surface area (Å²) in [4.78, 5) is 0. The van der Waals surface area contributed by atoms with E-state index in [-0.39, 0.29) is 11.8 Å². The molecule has 0 unspecified atom stereocenters. The van der Waals surface area contributed by atoms with Crippen molar-refractivity contribution in [2.24, 2.45) is 5.73 Å². The monoisotopic (exact) mass is 223 g/mol. The van der Waals surface area contributed by atoms with Gasteiger partial charge in [0.1, 0.15) is 0 Å². The maximum absolute atomic E-state index is 9.47. The maximum atomic E-state index is 9.47. The highest BCUT2D eigenvalue weighted by Crippen LogP contribution is 2.29. The predicted octanol–water partition coefficient (Wildman–Crippen LogP) is 2.98. The van der Waals surface area contributed by atoms with Gasteiger partial charge in [0.2, 0.25) is 0 Å². The molecule has 0 aliphatic carbocycles. The second-order valence-electron chi connectivity index (χ2n) is 4.03. The van der Waals surface area contributed by atoms with E-state index in [0.29, 0.717) is 5.75 Å². The Hall–Kier alpha value is -1.22. The highest BCUT2D eigenvalue weighted by molar-refractivity contribution is 5.42. The standard InChI is InChI=1S/C13H21NO2/c1-3-4-5-6-11(14)10-7-8-12(15)13(9-10)16-2/h7-9,11,15H,3-6,14H2,1-2H3/t11-/m1/s1. The van der Waals surface area contributed by atoms with E-state index >= 15 is 0 Å². The van der Waals surface area contributed by atoms with Gasteiger partial charge in [0.05, 0.1) is 7.11 Å². The lowest BCUT2D eigenvalue weighted by Crippen LogP contribution is -2.10. The van der Waals surface area contributed by atoms with Crippen molar-refractivity contribution in [3.63, 3.8) is 0 Å². The van der Waals surface area contributed by atoms with Crippen molar-refractivity contribution in [2.75, 3.05) is 7.11 Å². The van der Waals surface area contributed by atoms with Crippen molar-refractivity contribution in [3.05, 3.63) is 23.8 Å². The number of phenolic OH excluding ortho intramolecular Hbond substituents is 1. The summed E-state index contributed by atoms with van der Waals surface area (Å²) in [6, 6.07) is 5.33. The van der Waals surface area contributed by atoms with Gasteiger partial charge in [-0.05, 0) is 24.1 Å². The molecule has 0 radical (unpaired) electrons. The second-order valence-corrected chi connectivity index (χ2v) is 4.03. The summed E-state index contributed by atoms with van der Waals surface area (Å²) in [6.07, 6.45) is 4.52. The third-order valence-electron chi connectivity index (χ3n) is 2.75. The molecule has 3 heteroatoms. The van der Waals surface area contributed by atoms with Crippen LogP contribution in [-0.2, 0) is 0 Å². The number of unbranched alkanes of at least 4 members (excludes halogenated alkanes) is 2. The summed E-state index contributed by atoms with van der Waals surface area (Å²) in [5, 5.41) is 9.47. The zero-order valence-electron chi connectivity index (χ0n) is 10.1. The van der Waals surface area contributed by atoms with Crippen LogP contribution in [-0.4, -0.2) is 12.2 Å². The molecular formula is C13H21NO2. The molecule has 0 spiro atoms. The van der Waals surface area contributed by atoms with Crippen LogP contribution in [0.25, 0.3) is 0 Å². The number of phenols is 1. The van der Waals surface area contributed by atoms with Gasteiger partial charge in [0.15, 0.2) is 11.5 Å². The minimum absolute atomic E-state index is 0.0287. The molecule has 16 heavy (non-hydrogen) atoms. The number of benzene rings is 1. The first-order valence-corrected chi connectivity index (χ1v) is 5.81. The highest BCUT2D eigenvalue weighted by Gasteiger charge is 2.09. The Labute approximate surface area is 97.2 Å². The van der Waals surface area contributed by atoms with Gasteiger partial charge in [-0.3, -0.25) is 0 Å². The summed E-state index contributed by atoms with van der Waals surface area (Å²) < 4.78 is 5.06. The Morgan fingerprint density at radius 1 is 1.38 bits per heavy atom. The van der Waals surface area contributed by atoms with Crippen LogP contribution in [0, 0.1) is 0 Å². The molecule has 0 saturated carbocycles. The van der Waals surface area contributed by atoms with Gasteiger partial charge in [-0.2, -0.15) is 0 Å². The van der Waals surface area contributed by atoms with Gasteiger partial charge in [-0.1, -0.05) is 32.3 Å². The highest BCUT2D eigenvalue weighted by atomic mass is 16.5. The number of hydrogen-bond acceptors (Lipinski definition) is 3. The van der Waals surface area contributed by atoms with Gasteiger partial charge in [0, 0.05) is 6.04 Å². The normalized spacial score (nSPS) is 12.4. The summed E-state index contributed by atoms with van der Waals surface area (Å²) >= 11 is 0. The smallest absolute Gasteiger partial charge is 0.160 e. The van der Waals surface area contributed by atoms with Gasteiger partial charge in [-0.25, -0.2) is 0 Å². The molecule has 3 N–H and O–H groups in total. The van der Waals surface area contributed by atoms with E-state index in [2.05, 4.69) is 6.92 Å². The van der Waals surface area contributed by atoms with E-state index in [9.17, 15) is 5.11 Å². The lowest BCUT2D eigenvalue weighted by atomic mass is 10.0. The SMILES string of the molecule is CCCCC[C@@H](N)c1ccc(O)c(OC)c1. The van der Waals surface area contributed by atoms with Crippen molar-refractivity contribution in [3.8, 4) is 11.5 Å². The first-order valence-electron chi connectivity index (χ1n) is 5.81. The zero-order valence-corrected chi connectivity index (χ0v) is 10.1. The van der Waals surface area contributed by atoms with E-state index in [1.54, 1.807) is 13.2 Å². The molecule has 90 valence electrons. The molecule has 0 bridgehead atoms. The van der Waals surface area contributed by atoms with Crippen LogP contribution in [0.4, 0.5) is 0 Å². The maximum Gasteiger partial charge on any atom is 0.160 e. The second kappa shape index (κ2) is 6.38. The third kappa shape index (κ3) is 3.42. The minimum Gasteiger partial charge on any atom is -0.504 e. The Balaban J connectivity index is 2.64. The molecular weight excluding hydrogens is 202 g/mol. The molecule has 1 aromatic carbocycles. The van der Waals surface area contributed by atoms with Crippen LogP contribution in [0.3, 0.4) is 0 Å².